The summed E-state index contributed by atoms with van der Waals surface area (Å²) in [6.07, 6.45) is 6.09. The van der Waals surface area contributed by atoms with Crippen molar-refractivity contribution in [3.05, 3.63) is 0 Å². The van der Waals surface area contributed by atoms with E-state index >= 15 is 0 Å². The van der Waals surface area contributed by atoms with Gasteiger partial charge in [-0.25, -0.2) is 0 Å². The van der Waals surface area contributed by atoms with Gasteiger partial charge in [0.2, 0.25) is 5.91 Å². The highest BCUT2D eigenvalue weighted by Gasteiger charge is 2.24. The van der Waals surface area contributed by atoms with Crippen LogP contribution in [0.2, 0.25) is 0 Å². The second-order valence-electron chi connectivity index (χ2n) is 4.43. The standard InChI is InChI=1S/C11H20N2O2/c14-11(10-8-15-7-6-12-10)13-9-4-2-1-3-5-9/h9-10,12H,1-8H2,(H,13,14)/t10-/m1/s1. The molecule has 0 radical (unpaired) electrons. The fraction of sp³-hybridized carbons (Fsp3) is 0.909. The van der Waals surface area contributed by atoms with E-state index in [1.807, 2.05) is 0 Å². The minimum absolute atomic E-state index is 0.113. The van der Waals surface area contributed by atoms with Gasteiger partial charge >= 0.3 is 0 Å². The molecule has 4 nitrogen and oxygen atoms in total. The molecule has 15 heavy (non-hydrogen) atoms. The maximum Gasteiger partial charge on any atom is 0.239 e. The molecule has 0 unspecified atom stereocenters. The summed E-state index contributed by atoms with van der Waals surface area (Å²) in [4.78, 5) is 11.8. The van der Waals surface area contributed by atoms with E-state index < -0.39 is 0 Å². The van der Waals surface area contributed by atoms with Gasteiger partial charge in [-0.05, 0) is 12.8 Å². The van der Waals surface area contributed by atoms with Gasteiger partial charge in [0.1, 0.15) is 6.04 Å². The lowest BCUT2D eigenvalue weighted by Gasteiger charge is -2.27. The Hall–Kier alpha value is -0.610. The fourth-order valence-corrected chi connectivity index (χ4v) is 2.28. The van der Waals surface area contributed by atoms with E-state index in [-0.39, 0.29) is 11.9 Å². The van der Waals surface area contributed by atoms with Gasteiger partial charge < -0.3 is 15.4 Å². The van der Waals surface area contributed by atoms with Crippen LogP contribution in [-0.2, 0) is 9.53 Å². The maximum atomic E-state index is 11.8. The molecule has 0 aromatic rings. The van der Waals surface area contributed by atoms with E-state index in [1.54, 1.807) is 0 Å². The highest BCUT2D eigenvalue weighted by atomic mass is 16.5. The summed E-state index contributed by atoms with van der Waals surface area (Å²) >= 11 is 0. The Labute approximate surface area is 90.8 Å². The second-order valence-corrected chi connectivity index (χ2v) is 4.43. The monoisotopic (exact) mass is 212 g/mol. The molecule has 2 rings (SSSR count). The summed E-state index contributed by atoms with van der Waals surface area (Å²) in [6.45, 7) is 2.01. The molecule has 0 bridgehead atoms. The minimum Gasteiger partial charge on any atom is -0.378 e. The van der Waals surface area contributed by atoms with Crippen LogP contribution >= 0.6 is 0 Å². The number of amides is 1. The molecule has 1 aliphatic carbocycles. The van der Waals surface area contributed by atoms with Crippen LogP contribution < -0.4 is 10.6 Å². The SMILES string of the molecule is O=C(NC1CCCCC1)[C@H]1COCCN1. The molecule has 1 amide bonds. The Morgan fingerprint density at radius 3 is 2.73 bits per heavy atom. The number of carbonyl (C=O) groups excluding carboxylic acids is 1. The lowest BCUT2D eigenvalue weighted by Crippen LogP contribution is -2.53. The third-order valence-corrected chi connectivity index (χ3v) is 3.19. The Balaban J connectivity index is 1.74. The van der Waals surface area contributed by atoms with Crippen LogP contribution in [-0.4, -0.2) is 37.7 Å². The zero-order valence-corrected chi connectivity index (χ0v) is 9.13. The lowest BCUT2D eigenvalue weighted by molar-refractivity contribution is -0.126. The van der Waals surface area contributed by atoms with Gasteiger partial charge in [0.25, 0.3) is 0 Å². The molecule has 0 spiro atoms. The molecule has 0 aromatic carbocycles. The smallest absolute Gasteiger partial charge is 0.239 e. The first-order valence-electron chi connectivity index (χ1n) is 5.98. The van der Waals surface area contributed by atoms with Crippen molar-refractivity contribution in [1.82, 2.24) is 10.6 Å². The van der Waals surface area contributed by atoms with Gasteiger partial charge in [-0.1, -0.05) is 19.3 Å². The Morgan fingerprint density at radius 2 is 2.07 bits per heavy atom. The summed E-state index contributed by atoms with van der Waals surface area (Å²) in [7, 11) is 0. The van der Waals surface area contributed by atoms with Crippen molar-refractivity contribution in [3.8, 4) is 0 Å². The van der Waals surface area contributed by atoms with Gasteiger partial charge in [0.15, 0.2) is 0 Å². The van der Waals surface area contributed by atoms with Crippen LogP contribution in [0, 0.1) is 0 Å². The van der Waals surface area contributed by atoms with E-state index in [1.165, 1.54) is 19.3 Å². The van der Waals surface area contributed by atoms with Crippen LogP contribution in [0.25, 0.3) is 0 Å². The van der Waals surface area contributed by atoms with E-state index in [2.05, 4.69) is 10.6 Å². The summed E-state index contributed by atoms with van der Waals surface area (Å²) in [5.41, 5.74) is 0. The number of carbonyl (C=O) groups is 1. The van der Waals surface area contributed by atoms with E-state index in [4.69, 9.17) is 4.74 Å². The molecule has 2 fully saturated rings. The topological polar surface area (TPSA) is 50.4 Å². The fourth-order valence-electron chi connectivity index (χ4n) is 2.28. The van der Waals surface area contributed by atoms with Gasteiger partial charge in [-0.2, -0.15) is 0 Å². The molecule has 1 heterocycles. The average molecular weight is 212 g/mol. The molecule has 1 saturated carbocycles. The van der Waals surface area contributed by atoms with Crippen LogP contribution in [0.5, 0.6) is 0 Å². The quantitative estimate of drug-likeness (QED) is 0.697. The van der Waals surface area contributed by atoms with E-state index in [0.717, 1.165) is 19.4 Å². The molecule has 86 valence electrons. The number of rotatable bonds is 2. The molecule has 0 aromatic heterocycles. The van der Waals surface area contributed by atoms with Crippen LogP contribution in [0.3, 0.4) is 0 Å². The molecule has 4 heteroatoms. The lowest BCUT2D eigenvalue weighted by atomic mass is 9.95. The van der Waals surface area contributed by atoms with E-state index in [0.29, 0.717) is 19.3 Å². The summed E-state index contributed by atoms with van der Waals surface area (Å²) < 4.78 is 5.27. The van der Waals surface area contributed by atoms with Crippen molar-refractivity contribution < 1.29 is 9.53 Å². The van der Waals surface area contributed by atoms with Crippen molar-refractivity contribution in [2.24, 2.45) is 0 Å². The Bertz CT molecular complexity index is 209. The predicted octanol–water partition coefficient (Wildman–Crippen LogP) is 0.424. The molecular formula is C11H20N2O2. The van der Waals surface area contributed by atoms with Crippen molar-refractivity contribution in [2.45, 2.75) is 44.2 Å². The predicted molar refractivity (Wildman–Crippen MR) is 57.6 cm³/mol. The van der Waals surface area contributed by atoms with Gasteiger partial charge in [-0.3, -0.25) is 4.79 Å². The third-order valence-electron chi connectivity index (χ3n) is 3.19. The zero-order valence-electron chi connectivity index (χ0n) is 9.13. The van der Waals surface area contributed by atoms with Crippen molar-refractivity contribution in [3.63, 3.8) is 0 Å². The van der Waals surface area contributed by atoms with Gasteiger partial charge in [0.05, 0.1) is 13.2 Å². The van der Waals surface area contributed by atoms with Crippen molar-refractivity contribution in [2.75, 3.05) is 19.8 Å². The number of morpholine rings is 1. The third kappa shape index (κ3) is 3.18. The summed E-state index contributed by atoms with van der Waals surface area (Å²) in [5.74, 6) is 0.113. The van der Waals surface area contributed by atoms with Crippen LogP contribution in [0.4, 0.5) is 0 Å². The molecule has 2 N–H and O–H groups in total. The zero-order chi connectivity index (χ0) is 10.5. The minimum atomic E-state index is -0.138. The molecule has 1 saturated heterocycles. The largest absolute Gasteiger partial charge is 0.378 e. The molecule has 1 atom stereocenters. The summed E-state index contributed by atoms with van der Waals surface area (Å²) in [5, 5.41) is 6.28. The van der Waals surface area contributed by atoms with Crippen molar-refractivity contribution >= 4 is 5.91 Å². The Morgan fingerprint density at radius 1 is 1.27 bits per heavy atom. The van der Waals surface area contributed by atoms with Crippen LogP contribution in [0.1, 0.15) is 32.1 Å². The highest BCUT2D eigenvalue weighted by Crippen LogP contribution is 2.17. The normalized spacial score (nSPS) is 28.7. The molecule has 2 aliphatic rings. The van der Waals surface area contributed by atoms with Gasteiger partial charge in [-0.15, -0.1) is 0 Å². The second kappa shape index (κ2) is 5.47. The number of hydrogen-bond donors (Lipinski definition) is 2. The molecular weight excluding hydrogens is 192 g/mol. The number of nitrogens with one attached hydrogen (secondary N) is 2. The number of hydrogen-bond acceptors (Lipinski definition) is 3. The summed E-state index contributed by atoms with van der Waals surface area (Å²) in [6, 6.07) is 0.260. The highest BCUT2D eigenvalue weighted by molar-refractivity contribution is 5.82. The maximum absolute atomic E-state index is 11.8. The average Bonchev–Trinajstić information content (AvgIpc) is 2.31. The van der Waals surface area contributed by atoms with E-state index in [9.17, 15) is 4.79 Å². The Kier molecular flexibility index (Phi) is 3.97. The van der Waals surface area contributed by atoms with Crippen LogP contribution in [0.15, 0.2) is 0 Å². The first-order chi connectivity index (χ1) is 7.36. The van der Waals surface area contributed by atoms with Crippen molar-refractivity contribution in [1.29, 1.82) is 0 Å². The van der Waals surface area contributed by atoms with Gasteiger partial charge in [0, 0.05) is 12.6 Å². The number of ether oxygens (including phenoxy) is 1. The first-order valence-corrected chi connectivity index (χ1v) is 5.98. The first kappa shape index (κ1) is 10.9. The molecule has 1 aliphatic heterocycles.